The maximum absolute atomic E-state index is 12.7. The molecule has 0 aliphatic heterocycles. The smallest absolute Gasteiger partial charge is 0.411 e. The van der Waals surface area contributed by atoms with Gasteiger partial charge in [-0.15, -0.1) is 0 Å². The van der Waals surface area contributed by atoms with E-state index in [0.717, 1.165) is 13.0 Å². The molecule has 0 aliphatic rings. The minimum absolute atomic E-state index is 0.114. The molecule has 0 aliphatic carbocycles. The van der Waals surface area contributed by atoms with Crippen LogP contribution in [0, 0.1) is 5.92 Å². The molecule has 0 saturated heterocycles. The Hall–Kier alpha value is -2.80. The van der Waals surface area contributed by atoms with Gasteiger partial charge in [-0.2, -0.15) is 0 Å². The maximum atomic E-state index is 12.7. The lowest BCUT2D eigenvalue weighted by Crippen LogP contribution is -2.25. The third-order valence-corrected chi connectivity index (χ3v) is 6.46. The number of phenols is 1. The summed E-state index contributed by atoms with van der Waals surface area (Å²) < 4.78 is 10.9. The summed E-state index contributed by atoms with van der Waals surface area (Å²) in [6.45, 7) is 8.32. The number of nitrogens with one attached hydrogen (secondary N) is 2. The van der Waals surface area contributed by atoms with Crippen LogP contribution in [-0.4, -0.2) is 43.5 Å². The van der Waals surface area contributed by atoms with Gasteiger partial charge in [0, 0.05) is 30.5 Å². The number of aromatic hydroxyl groups is 1. The van der Waals surface area contributed by atoms with Crippen molar-refractivity contribution in [1.82, 2.24) is 5.32 Å². The van der Waals surface area contributed by atoms with Crippen LogP contribution in [0.4, 0.5) is 10.5 Å². The number of hydrogen-bond acceptors (Lipinski definition) is 5. The van der Waals surface area contributed by atoms with Crippen molar-refractivity contribution in [3.05, 3.63) is 35.9 Å². The zero-order valence-corrected chi connectivity index (χ0v) is 23.7. The van der Waals surface area contributed by atoms with Crippen LogP contribution in [0.3, 0.4) is 0 Å². The highest BCUT2D eigenvalue weighted by Crippen LogP contribution is 2.33. The summed E-state index contributed by atoms with van der Waals surface area (Å²) in [5, 5.41) is 17.4. The molecule has 0 atom stereocenters. The number of rotatable bonds is 19. The van der Waals surface area contributed by atoms with Crippen molar-refractivity contribution in [3.8, 4) is 5.75 Å². The van der Waals surface area contributed by atoms with Gasteiger partial charge in [-0.05, 0) is 30.9 Å². The van der Waals surface area contributed by atoms with E-state index in [0.29, 0.717) is 42.6 Å². The van der Waals surface area contributed by atoms with Crippen molar-refractivity contribution in [1.29, 1.82) is 0 Å². The fraction of sp³-hybridized carbons (Fsp3) is 0.613. The molecule has 2 amide bonds. The highest BCUT2D eigenvalue weighted by atomic mass is 16.5. The number of hydrogen-bond donors (Lipinski definition) is 3. The van der Waals surface area contributed by atoms with Gasteiger partial charge in [-0.25, -0.2) is 4.79 Å². The Labute approximate surface area is 228 Å². The molecule has 0 radical (unpaired) electrons. The Kier molecular flexibility index (Phi) is 15.3. The van der Waals surface area contributed by atoms with Crippen LogP contribution in [0.2, 0.25) is 0 Å². The van der Waals surface area contributed by atoms with E-state index in [4.69, 9.17) is 9.47 Å². The molecule has 2 aromatic carbocycles. The van der Waals surface area contributed by atoms with E-state index in [1.807, 2.05) is 13.8 Å². The van der Waals surface area contributed by atoms with Crippen LogP contribution in [0.25, 0.3) is 10.8 Å². The van der Waals surface area contributed by atoms with E-state index >= 15 is 0 Å². The summed E-state index contributed by atoms with van der Waals surface area (Å²) in [5.74, 6) is -0.223. The van der Waals surface area contributed by atoms with Crippen LogP contribution >= 0.6 is 0 Å². The number of carbonyl (C=O) groups is 2. The van der Waals surface area contributed by atoms with Gasteiger partial charge >= 0.3 is 6.09 Å². The Bertz CT molecular complexity index is 976. The first-order valence-electron chi connectivity index (χ1n) is 14.5. The number of fused-ring (bicyclic) bond motifs is 1. The van der Waals surface area contributed by atoms with E-state index in [1.54, 1.807) is 30.3 Å². The number of amides is 2. The van der Waals surface area contributed by atoms with Crippen LogP contribution in [0.5, 0.6) is 5.75 Å². The standard InChI is InChI=1S/C31H48N2O5/c1-4-5-6-7-8-9-10-11-12-13-21-37-22-15-20-32-30(35)27-19-18-25-26(29(27)34)16-14-17-28(25)33-31(36)38-23-24(2)3/h14,16-19,24,34H,4-13,15,20-23H2,1-3H3,(H,32,35)(H,33,36). The number of phenolic OH excluding ortho intramolecular Hbond substituents is 1. The van der Waals surface area contributed by atoms with E-state index in [2.05, 4.69) is 17.6 Å². The molecular formula is C31H48N2O5. The van der Waals surface area contributed by atoms with Gasteiger partial charge in [0.05, 0.1) is 17.9 Å². The molecule has 2 rings (SSSR count). The Balaban J connectivity index is 1.66. The first-order valence-corrected chi connectivity index (χ1v) is 14.5. The van der Waals surface area contributed by atoms with Crippen LogP contribution in [0.1, 0.15) is 102 Å². The van der Waals surface area contributed by atoms with Gasteiger partial charge in [0.1, 0.15) is 5.75 Å². The molecule has 212 valence electrons. The van der Waals surface area contributed by atoms with Crippen molar-refractivity contribution >= 4 is 28.5 Å². The second-order valence-corrected chi connectivity index (χ2v) is 10.4. The second kappa shape index (κ2) is 18.5. The predicted octanol–water partition coefficient (Wildman–Crippen LogP) is 7.81. The minimum atomic E-state index is -0.553. The van der Waals surface area contributed by atoms with Gasteiger partial charge in [-0.3, -0.25) is 10.1 Å². The molecule has 0 spiro atoms. The molecule has 3 N–H and O–H groups in total. The van der Waals surface area contributed by atoms with Crippen molar-refractivity contribution in [2.75, 3.05) is 31.7 Å². The zero-order valence-electron chi connectivity index (χ0n) is 23.7. The summed E-state index contributed by atoms with van der Waals surface area (Å²) in [5.41, 5.74) is 0.710. The number of unbranched alkanes of at least 4 members (excludes halogenated alkanes) is 9. The van der Waals surface area contributed by atoms with Gasteiger partial charge in [-0.1, -0.05) is 96.8 Å². The number of ether oxygens (including phenoxy) is 2. The Morgan fingerprint density at radius 3 is 2.18 bits per heavy atom. The Morgan fingerprint density at radius 1 is 0.842 bits per heavy atom. The number of carbonyl (C=O) groups excluding carboxylic acids is 2. The highest BCUT2D eigenvalue weighted by Gasteiger charge is 2.16. The topological polar surface area (TPSA) is 96.9 Å². The van der Waals surface area contributed by atoms with Gasteiger partial charge in [0.2, 0.25) is 0 Å². The van der Waals surface area contributed by atoms with E-state index in [9.17, 15) is 14.7 Å². The van der Waals surface area contributed by atoms with Gasteiger partial charge in [0.25, 0.3) is 5.91 Å². The van der Waals surface area contributed by atoms with E-state index in [1.165, 1.54) is 57.8 Å². The van der Waals surface area contributed by atoms with Crippen molar-refractivity contribution in [2.24, 2.45) is 5.92 Å². The largest absolute Gasteiger partial charge is 0.506 e. The molecule has 2 aromatic rings. The van der Waals surface area contributed by atoms with Crippen molar-refractivity contribution in [3.63, 3.8) is 0 Å². The van der Waals surface area contributed by atoms with E-state index < -0.39 is 6.09 Å². The lowest BCUT2D eigenvalue weighted by atomic mass is 10.0. The number of anilines is 1. The average Bonchev–Trinajstić information content (AvgIpc) is 2.90. The third-order valence-electron chi connectivity index (χ3n) is 6.46. The minimum Gasteiger partial charge on any atom is -0.506 e. The molecule has 0 saturated carbocycles. The lowest BCUT2D eigenvalue weighted by molar-refractivity contribution is 0.0937. The fourth-order valence-corrected chi connectivity index (χ4v) is 4.29. The average molecular weight is 529 g/mol. The molecule has 0 heterocycles. The first kappa shape index (κ1) is 31.4. The van der Waals surface area contributed by atoms with Gasteiger partial charge < -0.3 is 19.9 Å². The summed E-state index contributed by atoms with van der Waals surface area (Å²) in [6.07, 6.45) is 13.2. The molecule has 0 unspecified atom stereocenters. The maximum Gasteiger partial charge on any atom is 0.411 e. The summed E-state index contributed by atoms with van der Waals surface area (Å²) in [6, 6.07) is 8.45. The molecule has 0 bridgehead atoms. The lowest BCUT2D eigenvalue weighted by Gasteiger charge is -2.13. The van der Waals surface area contributed by atoms with Crippen LogP contribution < -0.4 is 10.6 Å². The quantitative estimate of drug-likeness (QED) is 0.162. The molecule has 0 fully saturated rings. The van der Waals surface area contributed by atoms with Crippen molar-refractivity contribution in [2.45, 2.75) is 91.4 Å². The zero-order chi connectivity index (χ0) is 27.6. The molecular weight excluding hydrogens is 480 g/mol. The third kappa shape index (κ3) is 11.7. The molecule has 38 heavy (non-hydrogen) atoms. The SMILES string of the molecule is CCCCCCCCCCCCOCCCNC(=O)c1ccc2c(NC(=O)OCC(C)C)cccc2c1O. The molecule has 7 heteroatoms. The Morgan fingerprint density at radius 2 is 1.50 bits per heavy atom. The summed E-state index contributed by atoms with van der Waals surface area (Å²) in [4.78, 5) is 24.7. The second-order valence-electron chi connectivity index (χ2n) is 10.4. The molecule has 0 aromatic heterocycles. The van der Waals surface area contributed by atoms with Crippen LogP contribution in [-0.2, 0) is 9.47 Å². The van der Waals surface area contributed by atoms with Gasteiger partial charge in [0.15, 0.2) is 0 Å². The van der Waals surface area contributed by atoms with Crippen molar-refractivity contribution < 1.29 is 24.2 Å². The van der Waals surface area contributed by atoms with E-state index in [-0.39, 0.29) is 23.1 Å². The number of benzene rings is 2. The summed E-state index contributed by atoms with van der Waals surface area (Å²) in [7, 11) is 0. The van der Waals surface area contributed by atoms with Crippen LogP contribution in [0.15, 0.2) is 30.3 Å². The molecule has 7 nitrogen and oxygen atoms in total. The summed E-state index contributed by atoms with van der Waals surface area (Å²) >= 11 is 0. The fourth-order valence-electron chi connectivity index (χ4n) is 4.29. The normalized spacial score (nSPS) is 11.2. The first-order chi connectivity index (χ1) is 18.4. The predicted molar refractivity (Wildman–Crippen MR) is 155 cm³/mol. The monoisotopic (exact) mass is 528 g/mol. The highest BCUT2D eigenvalue weighted by molar-refractivity contribution is 6.08.